The van der Waals surface area contributed by atoms with Crippen LogP contribution in [-0.2, 0) is 6.42 Å². The molecule has 0 aromatic heterocycles. The van der Waals surface area contributed by atoms with Crippen LogP contribution in [0.1, 0.15) is 51.5 Å². The van der Waals surface area contributed by atoms with Crippen molar-refractivity contribution in [2.24, 2.45) is 17.6 Å². The molecular formula is C18H29NO. The summed E-state index contributed by atoms with van der Waals surface area (Å²) in [5, 5.41) is 0. The molecule has 0 spiro atoms. The van der Waals surface area contributed by atoms with E-state index in [1.807, 2.05) is 12.1 Å². The first-order chi connectivity index (χ1) is 9.54. The molecule has 0 bridgehead atoms. The highest BCUT2D eigenvalue weighted by Crippen LogP contribution is 2.35. The first-order valence-corrected chi connectivity index (χ1v) is 7.95. The predicted molar refractivity (Wildman–Crippen MR) is 85.0 cm³/mol. The lowest BCUT2D eigenvalue weighted by Gasteiger charge is -2.29. The largest absolute Gasteiger partial charge is 0.496 e. The molecule has 0 saturated heterocycles. The smallest absolute Gasteiger partial charge is 0.122 e. The topological polar surface area (TPSA) is 35.2 Å². The highest BCUT2D eigenvalue weighted by Gasteiger charge is 2.31. The second-order valence-corrected chi connectivity index (χ2v) is 6.79. The lowest BCUT2D eigenvalue weighted by atomic mass is 9.83. The van der Waals surface area contributed by atoms with Gasteiger partial charge in [0.15, 0.2) is 0 Å². The van der Waals surface area contributed by atoms with Gasteiger partial charge in [-0.1, -0.05) is 44.9 Å². The van der Waals surface area contributed by atoms with Crippen molar-refractivity contribution in [3.05, 3.63) is 29.8 Å². The van der Waals surface area contributed by atoms with Crippen molar-refractivity contribution in [3.8, 4) is 5.75 Å². The second kappa shape index (κ2) is 6.62. The van der Waals surface area contributed by atoms with Gasteiger partial charge in [-0.05, 0) is 49.1 Å². The maximum Gasteiger partial charge on any atom is 0.122 e. The summed E-state index contributed by atoms with van der Waals surface area (Å²) in [7, 11) is 1.74. The molecule has 0 amide bonds. The molecule has 20 heavy (non-hydrogen) atoms. The molecule has 2 atom stereocenters. The van der Waals surface area contributed by atoms with Crippen LogP contribution >= 0.6 is 0 Å². The van der Waals surface area contributed by atoms with E-state index in [0.29, 0.717) is 0 Å². The Morgan fingerprint density at radius 2 is 2.00 bits per heavy atom. The quantitative estimate of drug-likeness (QED) is 0.837. The molecule has 1 aliphatic rings. The fourth-order valence-corrected chi connectivity index (χ4v) is 3.53. The maximum atomic E-state index is 6.72. The van der Waals surface area contributed by atoms with Crippen molar-refractivity contribution < 1.29 is 4.74 Å². The molecule has 0 radical (unpaired) electrons. The summed E-state index contributed by atoms with van der Waals surface area (Å²) in [4.78, 5) is 0. The van der Waals surface area contributed by atoms with Crippen LogP contribution in [0.4, 0.5) is 0 Å². The monoisotopic (exact) mass is 275 g/mol. The van der Waals surface area contributed by atoms with Gasteiger partial charge < -0.3 is 10.5 Å². The van der Waals surface area contributed by atoms with Gasteiger partial charge in [0.1, 0.15) is 5.75 Å². The van der Waals surface area contributed by atoms with Crippen molar-refractivity contribution in [3.63, 3.8) is 0 Å². The molecule has 1 aromatic rings. The van der Waals surface area contributed by atoms with E-state index in [1.165, 1.54) is 24.8 Å². The van der Waals surface area contributed by atoms with E-state index >= 15 is 0 Å². The second-order valence-electron chi connectivity index (χ2n) is 6.79. The number of ether oxygens (including phenoxy) is 1. The van der Waals surface area contributed by atoms with Gasteiger partial charge in [-0.25, -0.2) is 0 Å². The summed E-state index contributed by atoms with van der Waals surface area (Å²) in [6.45, 7) is 4.68. The summed E-state index contributed by atoms with van der Waals surface area (Å²) in [6.07, 6.45) is 7.06. The lowest BCUT2D eigenvalue weighted by Crippen LogP contribution is -2.41. The molecule has 1 aromatic carbocycles. The minimum atomic E-state index is -0.0573. The van der Waals surface area contributed by atoms with Gasteiger partial charge in [0.25, 0.3) is 0 Å². The van der Waals surface area contributed by atoms with E-state index in [1.54, 1.807) is 7.11 Å². The van der Waals surface area contributed by atoms with Crippen molar-refractivity contribution in [2.75, 3.05) is 7.11 Å². The zero-order valence-electron chi connectivity index (χ0n) is 13.2. The van der Waals surface area contributed by atoms with Crippen LogP contribution in [0.15, 0.2) is 24.3 Å². The van der Waals surface area contributed by atoms with E-state index in [9.17, 15) is 0 Å². The first kappa shape index (κ1) is 15.4. The molecule has 2 nitrogen and oxygen atoms in total. The number of methoxy groups -OCH3 is 1. The van der Waals surface area contributed by atoms with Gasteiger partial charge in [0.2, 0.25) is 0 Å². The Hall–Kier alpha value is -1.02. The Labute approximate surface area is 123 Å². The summed E-state index contributed by atoms with van der Waals surface area (Å²) in [5.41, 5.74) is 7.91. The summed E-state index contributed by atoms with van der Waals surface area (Å²) in [6, 6.07) is 8.28. The molecule has 1 aliphatic carbocycles. The molecule has 2 unspecified atom stereocenters. The summed E-state index contributed by atoms with van der Waals surface area (Å²) >= 11 is 0. The molecule has 0 heterocycles. The summed E-state index contributed by atoms with van der Waals surface area (Å²) < 4.78 is 5.47. The van der Waals surface area contributed by atoms with Crippen molar-refractivity contribution >= 4 is 0 Å². The molecule has 0 aliphatic heterocycles. The molecular weight excluding hydrogens is 246 g/mol. The van der Waals surface area contributed by atoms with Crippen LogP contribution in [0.5, 0.6) is 5.75 Å². The van der Waals surface area contributed by atoms with E-state index in [0.717, 1.165) is 36.8 Å². The fourth-order valence-electron chi connectivity index (χ4n) is 3.53. The predicted octanol–water partition coefficient (Wildman–Crippen LogP) is 4.17. The third-order valence-electron chi connectivity index (χ3n) is 4.94. The Balaban J connectivity index is 2.07. The number of para-hydroxylation sites is 1. The Morgan fingerprint density at radius 3 is 2.70 bits per heavy atom. The highest BCUT2D eigenvalue weighted by molar-refractivity contribution is 5.34. The SMILES string of the molecule is COc1ccccc1CC1(N)CCCC(C(C)C)CC1. The van der Waals surface area contributed by atoms with Gasteiger partial charge in [-0.2, -0.15) is 0 Å². The van der Waals surface area contributed by atoms with Gasteiger partial charge in [0, 0.05) is 5.54 Å². The van der Waals surface area contributed by atoms with E-state index < -0.39 is 0 Å². The van der Waals surface area contributed by atoms with Crippen LogP contribution in [0, 0.1) is 11.8 Å². The normalized spacial score (nSPS) is 27.4. The Bertz CT molecular complexity index is 429. The number of nitrogens with two attached hydrogens (primary N) is 1. The maximum absolute atomic E-state index is 6.72. The van der Waals surface area contributed by atoms with Crippen LogP contribution in [0.25, 0.3) is 0 Å². The van der Waals surface area contributed by atoms with Crippen LogP contribution in [0.2, 0.25) is 0 Å². The average Bonchev–Trinajstić information content (AvgIpc) is 2.61. The lowest BCUT2D eigenvalue weighted by molar-refractivity contribution is 0.319. The first-order valence-electron chi connectivity index (χ1n) is 7.95. The van der Waals surface area contributed by atoms with Gasteiger partial charge in [-0.15, -0.1) is 0 Å². The average molecular weight is 275 g/mol. The zero-order valence-corrected chi connectivity index (χ0v) is 13.2. The van der Waals surface area contributed by atoms with Crippen LogP contribution < -0.4 is 10.5 Å². The Kier molecular flexibility index (Phi) is 5.09. The third-order valence-corrected chi connectivity index (χ3v) is 4.94. The van der Waals surface area contributed by atoms with Crippen LogP contribution in [-0.4, -0.2) is 12.6 Å². The zero-order chi connectivity index (χ0) is 14.6. The minimum absolute atomic E-state index is 0.0573. The number of rotatable bonds is 4. The van der Waals surface area contributed by atoms with Crippen LogP contribution in [0.3, 0.4) is 0 Å². The molecule has 2 N–H and O–H groups in total. The Morgan fingerprint density at radius 1 is 1.25 bits per heavy atom. The number of hydrogen-bond donors (Lipinski definition) is 1. The number of hydrogen-bond acceptors (Lipinski definition) is 2. The molecule has 1 saturated carbocycles. The van der Waals surface area contributed by atoms with Gasteiger partial charge in [0.05, 0.1) is 7.11 Å². The van der Waals surface area contributed by atoms with Gasteiger partial charge in [-0.3, -0.25) is 0 Å². The molecule has 2 heteroatoms. The summed E-state index contributed by atoms with van der Waals surface area (Å²) in [5.74, 6) is 2.60. The standard InChI is InChI=1S/C18H29NO/c1-14(2)15-8-6-11-18(19,12-10-15)13-16-7-4-5-9-17(16)20-3/h4-5,7,9,14-15H,6,8,10-13,19H2,1-3H3. The highest BCUT2D eigenvalue weighted by atomic mass is 16.5. The van der Waals surface area contributed by atoms with E-state index in [2.05, 4.69) is 26.0 Å². The fraction of sp³-hybridized carbons (Fsp3) is 0.667. The molecule has 112 valence electrons. The molecule has 1 fully saturated rings. The van der Waals surface area contributed by atoms with Crippen molar-refractivity contribution in [1.29, 1.82) is 0 Å². The van der Waals surface area contributed by atoms with Crippen molar-refractivity contribution in [2.45, 2.75) is 57.9 Å². The van der Waals surface area contributed by atoms with Crippen molar-refractivity contribution in [1.82, 2.24) is 0 Å². The number of benzene rings is 1. The van der Waals surface area contributed by atoms with E-state index in [4.69, 9.17) is 10.5 Å². The van der Waals surface area contributed by atoms with Gasteiger partial charge >= 0.3 is 0 Å². The minimum Gasteiger partial charge on any atom is -0.496 e. The third kappa shape index (κ3) is 3.76. The molecule has 2 rings (SSSR count). The van der Waals surface area contributed by atoms with E-state index in [-0.39, 0.29) is 5.54 Å².